The molecule has 6 heteroatoms. The Labute approximate surface area is 193 Å². The van der Waals surface area contributed by atoms with Gasteiger partial charge in [-0.3, -0.25) is 0 Å². The van der Waals surface area contributed by atoms with Crippen molar-refractivity contribution in [3.63, 3.8) is 0 Å². The van der Waals surface area contributed by atoms with E-state index >= 15 is 0 Å². The fourth-order valence-electron chi connectivity index (χ4n) is 4.24. The van der Waals surface area contributed by atoms with E-state index in [9.17, 15) is 14.6 Å². The van der Waals surface area contributed by atoms with Crippen molar-refractivity contribution in [3.8, 4) is 0 Å². The van der Waals surface area contributed by atoms with Crippen LogP contribution in [-0.4, -0.2) is 51.1 Å². The van der Waals surface area contributed by atoms with Crippen LogP contribution in [0.4, 0.5) is 4.39 Å². The first-order valence-corrected chi connectivity index (χ1v) is 13.5. The smallest absolute Gasteiger partial charge is 0.106 e. The summed E-state index contributed by atoms with van der Waals surface area (Å²) in [6, 6.07) is 8.13. The summed E-state index contributed by atoms with van der Waals surface area (Å²) >= 11 is 4.27. The third-order valence-electron chi connectivity index (χ3n) is 5.76. The second-order valence-electron chi connectivity index (χ2n) is 7.98. The van der Waals surface area contributed by atoms with Crippen molar-refractivity contribution in [2.24, 2.45) is 11.8 Å². The number of hydrogen-bond donors (Lipinski definition) is 2. The van der Waals surface area contributed by atoms with E-state index in [4.69, 9.17) is 4.74 Å². The summed E-state index contributed by atoms with van der Waals surface area (Å²) in [5, 5.41) is 20.9. The maximum atomic E-state index is 14.4. The fourth-order valence-corrected chi connectivity index (χ4v) is 6.13. The minimum atomic E-state index is -0.910. The van der Waals surface area contributed by atoms with E-state index in [0.29, 0.717) is 32.5 Å². The van der Waals surface area contributed by atoms with Crippen molar-refractivity contribution < 1.29 is 19.3 Å². The largest absolute Gasteiger partial charge is 0.393 e. The van der Waals surface area contributed by atoms with Crippen molar-refractivity contribution in [3.05, 3.63) is 35.4 Å². The summed E-state index contributed by atoms with van der Waals surface area (Å²) in [5.41, 5.74) is 2.21. The normalized spacial score (nSPS) is 25.4. The average molecular weight is 539 g/mol. The van der Waals surface area contributed by atoms with Gasteiger partial charge in [-0.15, -0.1) is 0 Å². The first kappa shape index (κ1) is 25.4. The molecule has 1 aromatic carbocycles. The highest BCUT2D eigenvalue weighted by molar-refractivity contribution is 14.1. The standard InChI is InChI=1S/C23H36FIO3S/c1-2-28-16-18-6-3-5-17(13-18)14-19(26)7-8-21-20(22(24)15-23(21)27)9-12-29-11-4-10-25/h3,5-6,13,19-23,26-27H,2,4,7-12,14-16H2,1H3/t19-,20?,21-,22-,23-/m1/s1. The highest BCUT2D eigenvalue weighted by atomic mass is 127. The molecule has 0 saturated heterocycles. The zero-order valence-electron chi connectivity index (χ0n) is 17.4. The van der Waals surface area contributed by atoms with E-state index in [0.717, 1.165) is 33.5 Å². The minimum Gasteiger partial charge on any atom is -0.393 e. The van der Waals surface area contributed by atoms with Crippen LogP contribution in [0.25, 0.3) is 0 Å². The van der Waals surface area contributed by atoms with Crippen molar-refractivity contribution in [1.82, 2.24) is 0 Å². The van der Waals surface area contributed by atoms with Gasteiger partial charge < -0.3 is 14.9 Å². The lowest BCUT2D eigenvalue weighted by atomic mass is 9.86. The molecule has 166 valence electrons. The van der Waals surface area contributed by atoms with Crippen LogP contribution in [0, 0.1) is 11.8 Å². The van der Waals surface area contributed by atoms with Gasteiger partial charge in [-0.2, -0.15) is 11.8 Å². The van der Waals surface area contributed by atoms with Crippen molar-refractivity contribution in [1.29, 1.82) is 0 Å². The van der Waals surface area contributed by atoms with Gasteiger partial charge >= 0.3 is 0 Å². The van der Waals surface area contributed by atoms with Gasteiger partial charge in [0.1, 0.15) is 6.17 Å². The predicted molar refractivity (Wildman–Crippen MR) is 129 cm³/mol. The first-order valence-electron chi connectivity index (χ1n) is 10.8. The van der Waals surface area contributed by atoms with E-state index in [1.165, 1.54) is 6.42 Å². The molecule has 0 heterocycles. The Kier molecular flexibility index (Phi) is 12.4. The molecule has 1 aromatic rings. The number of rotatable bonds is 14. The number of ether oxygens (including phenoxy) is 1. The molecule has 0 radical (unpaired) electrons. The zero-order chi connectivity index (χ0) is 21.1. The molecule has 1 aliphatic rings. The number of benzene rings is 1. The van der Waals surface area contributed by atoms with Crippen LogP contribution in [0.5, 0.6) is 0 Å². The van der Waals surface area contributed by atoms with E-state index in [2.05, 4.69) is 28.7 Å². The fraction of sp³-hybridized carbons (Fsp3) is 0.739. The van der Waals surface area contributed by atoms with Crippen molar-refractivity contribution in [2.45, 2.75) is 70.4 Å². The van der Waals surface area contributed by atoms with Gasteiger partial charge in [0.2, 0.25) is 0 Å². The van der Waals surface area contributed by atoms with Crippen LogP contribution in [0.1, 0.15) is 50.2 Å². The first-order chi connectivity index (χ1) is 14.0. The second kappa shape index (κ2) is 14.2. The highest BCUT2D eigenvalue weighted by Gasteiger charge is 2.42. The van der Waals surface area contributed by atoms with Crippen LogP contribution in [0.3, 0.4) is 0 Å². The molecule has 3 nitrogen and oxygen atoms in total. The lowest BCUT2D eigenvalue weighted by Crippen LogP contribution is -2.24. The van der Waals surface area contributed by atoms with E-state index < -0.39 is 18.4 Å². The molecule has 5 atom stereocenters. The van der Waals surface area contributed by atoms with Gasteiger partial charge in [-0.1, -0.05) is 46.9 Å². The van der Waals surface area contributed by atoms with Crippen LogP contribution in [-0.2, 0) is 17.8 Å². The van der Waals surface area contributed by atoms with Gasteiger partial charge in [-0.25, -0.2) is 4.39 Å². The summed E-state index contributed by atoms with van der Waals surface area (Å²) in [7, 11) is 0. The van der Waals surface area contributed by atoms with Crippen molar-refractivity contribution >= 4 is 34.4 Å². The SMILES string of the molecule is CCOCc1cccc(C[C@H](O)CC[C@@H]2C(CCSCCCI)[C@H](F)C[C@H]2O)c1. The van der Waals surface area contributed by atoms with E-state index in [-0.39, 0.29) is 18.3 Å². The number of alkyl halides is 2. The molecule has 0 bridgehead atoms. The van der Waals surface area contributed by atoms with Gasteiger partial charge in [-0.05, 0) is 73.5 Å². The number of hydrogen-bond acceptors (Lipinski definition) is 4. The Hall–Kier alpha value is 0.110. The summed E-state index contributed by atoms with van der Waals surface area (Å²) in [6.07, 6.45) is 2.18. The second-order valence-corrected chi connectivity index (χ2v) is 10.3. The summed E-state index contributed by atoms with van der Waals surface area (Å²) in [6.45, 7) is 3.25. The third-order valence-corrected chi connectivity index (χ3v) is 7.63. The maximum Gasteiger partial charge on any atom is 0.106 e. The van der Waals surface area contributed by atoms with Crippen LogP contribution in [0.2, 0.25) is 0 Å². The molecule has 1 fully saturated rings. The van der Waals surface area contributed by atoms with Gasteiger partial charge in [0.25, 0.3) is 0 Å². The van der Waals surface area contributed by atoms with Crippen LogP contribution < -0.4 is 0 Å². The third kappa shape index (κ3) is 9.01. The van der Waals surface area contributed by atoms with Crippen LogP contribution >= 0.6 is 34.4 Å². The summed E-state index contributed by atoms with van der Waals surface area (Å²) in [5.74, 6) is 1.98. The lowest BCUT2D eigenvalue weighted by molar-refractivity contribution is 0.0897. The lowest BCUT2D eigenvalue weighted by Gasteiger charge is -2.24. The number of aliphatic hydroxyl groups excluding tert-OH is 2. The highest BCUT2D eigenvalue weighted by Crippen LogP contribution is 2.40. The number of aliphatic hydroxyl groups is 2. The zero-order valence-corrected chi connectivity index (χ0v) is 20.4. The minimum absolute atomic E-state index is 0.0332. The number of thioether (sulfide) groups is 1. The molecular formula is C23H36FIO3S. The Balaban J connectivity index is 1.79. The molecule has 2 rings (SSSR count). The van der Waals surface area contributed by atoms with Crippen molar-refractivity contribution in [2.75, 3.05) is 22.5 Å². The molecule has 1 aliphatic carbocycles. The van der Waals surface area contributed by atoms with Gasteiger partial charge in [0, 0.05) is 17.5 Å². The number of halogens is 2. The Morgan fingerprint density at radius 3 is 2.79 bits per heavy atom. The quantitative estimate of drug-likeness (QED) is 0.195. The van der Waals surface area contributed by atoms with E-state index in [1.807, 2.05) is 36.9 Å². The molecule has 2 N–H and O–H groups in total. The molecule has 0 aromatic heterocycles. The van der Waals surface area contributed by atoms with Gasteiger partial charge in [0.05, 0.1) is 18.8 Å². The molecular weight excluding hydrogens is 502 g/mol. The Morgan fingerprint density at radius 1 is 1.24 bits per heavy atom. The molecule has 1 unspecified atom stereocenters. The molecule has 1 saturated carbocycles. The average Bonchev–Trinajstić information content (AvgIpc) is 2.97. The Morgan fingerprint density at radius 2 is 2.03 bits per heavy atom. The molecule has 0 amide bonds. The summed E-state index contributed by atoms with van der Waals surface area (Å²) < 4.78 is 21.1. The monoisotopic (exact) mass is 538 g/mol. The molecule has 29 heavy (non-hydrogen) atoms. The van der Waals surface area contributed by atoms with E-state index in [1.54, 1.807) is 0 Å². The molecule has 0 aliphatic heterocycles. The topological polar surface area (TPSA) is 49.7 Å². The predicted octanol–water partition coefficient (Wildman–Crippen LogP) is 5.19. The van der Waals surface area contributed by atoms with Crippen LogP contribution in [0.15, 0.2) is 24.3 Å². The van der Waals surface area contributed by atoms with Gasteiger partial charge in [0.15, 0.2) is 0 Å². The maximum absolute atomic E-state index is 14.4. The Bertz CT molecular complexity index is 577. The molecule has 0 spiro atoms. The summed E-state index contributed by atoms with van der Waals surface area (Å²) in [4.78, 5) is 0.